The van der Waals surface area contributed by atoms with Crippen molar-refractivity contribution in [3.8, 4) is 17.2 Å². The zero-order chi connectivity index (χ0) is 23.1. The summed E-state index contributed by atoms with van der Waals surface area (Å²) in [5, 5.41) is 14.4. The number of hydrogen-bond donors (Lipinski definition) is 1. The van der Waals surface area contributed by atoms with Crippen LogP contribution in [0.3, 0.4) is 0 Å². The number of nitro benzene ring substituents is 1. The fourth-order valence-corrected chi connectivity index (χ4v) is 2.95. The quantitative estimate of drug-likeness (QED) is 0.224. The summed E-state index contributed by atoms with van der Waals surface area (Å²) >= 11 is 0. The maximum Gasteiger partial charge on any atom is 0.311 e. The third kappa shape index (κ3) is 5.01. The highest BCUT2D eigenvalue weighted by Crippen LogP contribution is 2.32. The molecule has 0 amide bonds. The molecule has 0 aliphatic rings. The second-order valence-corrected chi connectivity index (χ2v) is 6.48. The van der Waals surface area contributed by atoms with E-state index in [4.69, 9.17) is 14.2 Å². The highest BCUT2D eigenvalue weighted by molar-refractivity contribution is 6.07. The van der Waals surface area contributed by atoms with Gasteiger partial charge < -0.3 is 19.5 Å². The van der Waals surface area contributed by atoms with Gasteiger partial charge in [-0.2, -0.15) is 0 Å². The third-order valence-electron chi connectivity index (χ3n) is 4.56. The Bertz CT molecular complexity index is 1180. The average Bonchev–Trinajstić information content (AvgIpc) is 2.82. The number of pyridine rings is 1. The number of methoxy groups -OCH3 is 3. The van der Waals surface area contributed by atoms with Crippen LogP contribution < -0.4 is 19.5 Å². The molecule has 9 nitrogen and oxygen atoms in total. The number of anilines is 2. The number of ether oxygens (including phenoxy) is 3. The molecule has 0 saturated carbocycles. The van der Waals surface area contributed by atoms with Gasteiger partial charge in [0, 0.05) is 35.1 Å². The number of aromatic nitrogens is 1. The van der Waals surface area contributed by atoms with Gasteiger partial charge in [-0.25, -0.2) is 4.98 Å². The van der Waals surface area contributed by atoms with Gasteiger partial charge in [0.05, 0.1) is 26.3 Å². The number of allylic oxidation sites excluding steroid dienone is 1. The largest absolute Gasteiger partial charge is 0.493 e. The van der Waals surface area contributed by atoms with Gasteiger partial charge in [-0.1, -0.05) is 0 Å². The molecule has 0 unspecified atom stereocenters. The van der Waals surface area contributed by atoms with Crippen LogP contribution in [0.2, 0.25) is 0 Å². The third-order valence-corrected chi connectivity index (χ3v) is 4.56. The van der Waals surface area contributed by atoms with Crippen molar-refractivity contribution in [3.05, 3.63) is 82.0 Å². The molecule has 1 N–H and O–H groups in total. The molecule has 0 radical (unpaired) electrons. The molecule has 3 rings (SSSR count). The molecule has 1 aromatic heterocycles. The van der Waals surface area contributed by atoms with Gasteiger partial charge in [-0.15, -0.1) is 0 Å². The van der Waals surface area contributed by atoms with Crippen molar-refractivity contribution in [2.75, 3.05) is 26.6 Å². The number of carbonyl (C=O) groups excluding carboxylic acids is 1. The van der Waals surface area contributed by atoms with E-state index in [1.807, 2.05) is 6.07 Å². The Morgan fingerprint density at radius 3 is 2.41 bits per heavy atom. The number of nitrogens with one attached hydrogen (secondary N) is 1. The molecule has 9 heteroatoms. The minimum Gasteiger partial charge on any atom is -0.493 e. The maximum absolute atomic E-state index is 12.6. The van der Waals surface area contributed by atoms with Gasteiger partial charge in [0.2, 0.25) is 0 Å². The van der Waals surface area contributed by atoms with Crippen molar-refractivity contribution >= 4 is 29.1 Å². The van der Waals surface area contributed by atoms with E-state index in [1.165, 1.54) is 31.4 Å². The monoisotopic (exact) mass is 435 g/mol. The Morgan fingerprint density at radius 2 is 1.72 bits per heavy atom. The Balaban J connectivity index is 1.84. The van der Waals surface area contributed by atoms with Crippen LogP contribution in [0.1, 0.15) is 15.9 Å². The lowest BCUT2D eigenvalue weighted by Gasteiger charge is -2.12. The summed E-state index contributed by atoms with van der Waals surface area (Å²) in [4.78, 5) is 27.5. The second-order valence-electron chi connectivity index (χ2n) is 6.48. The van der Waals surface area contributed by atoms with Gasteiger partial charge >= 0.3 is 5.69 Å². The molecule has 164 valence electrons. The summed E-state index contributed by atoms with van der Waals surface area (Å²) in [6.45, 7) is 0. The Kier molecular flexibility index (Phi) is 7.02. The second kappa shape index (κ2) is 10.1. The number of rotatable bonds is 9. The molecular weight excluding hydrogens is 414 g/mol. The first kappa shape index (κ1) is 22.3. The zero-order valence-electron chi connectivity index (χ0n) is 17.7. The van der Waals surface area contributed by atoms with Crippen LogP contribution in [0.15, 0.2) is 60.8 Å². The van der Waals surface area contributed by atoms with Crippen LogP contribution in [0.4, 0.5) is 17.2 Å². The van der Waals surface area contributed by atoms with Crippen LogP contribution in [0.25, 0.3) is 6.08 Å². The van der Waals surface area contributed by atoms with Crippen LogP contribution in [-0.4, -0.2) is 37.0 Å². The molecular formula is C23H21N3O6. The van der Waals surface area contributed by atoms with Gasteiger partial charge in [-0.3, -0.25) is 14.9 Å². The van der Waals surface area contributed by atoms with Gasteiger partial charge in [0.15, 0.2) is 23.0 Å². The number of ketones is 1. The molecule has 1 heterocycles. The SMILES string of the molecule is COc1ccc(Nc2ncccc2/C=C/C(=O)c2ccc(OC)c([N+](=O)[O-])c2)cc1OC. The van der Waals surface area contributed by atoms with Crippen LogP contribution in [0, 0.1) is 10.1 Å². The van der Waals surface area contributed by atoms with Crippen molar-refractivity contribution < 1.29 is 23.9 Å². The Labute approximate surface area is 184 Å². The minimum atomic E-state index is -0.592. The number of carbonyl (C=O) groups is 1. The molecule has 2 aromatic carbocycles. The van der Waals surface area contributed by atoms with E-state index in [9.17, 15) is 14.9 Å². The standard InChI is InChI=1S/C23H21N3O6/c1-30-20-10-7-16(13-18(20)26(28)29)19(27)9-6-15-5-4-12-24-23(15)25-17-8-11-21(31-2)22(14-17)32-3/h4-14H,1-3H3,(H,24,25)/b9-6+. The van der Waals surface area contributed by atoms with E-state index >= 15 is 0 Å². The Morgan fingerprint density at radius 1 is 1.00 bits per heavy atom. The number of benzene rings is 2. The lowest BCUT2D eigenvalue weighted by atomic mass is 10.1. The summed E-state index contributed by atoms with van der Waals surface area (Å²) in [5.74, 6) is 1.37. The molecule has 32 heavy (non-hydrogen) atoms. The lowest BCUT2D eigenvalue weighted by molar-refractivity contribution is -0.385. The highest BCUT2D eigenvalue weighted by atomic mass is 16.6. The van der Waals surface area contributed by atoms with Gasteiger partial charge in [0.1, 0.15) is 5.82 Å². The molecule has 3 aromatic rings. The summed E-state index contributed by atoms with van der Waals surface area (Å²) in [7, 11) is 4.44. The van der Waals surface area contributed by atoms with Crippen molar-refractivity contribution in [2.24, 2.45) is 0 Å². The fraction of sp³-hybridized carbons (Fsp3) is 0.130. The average molecular weight is 435 g/mol. The predicted octanol–water partition coefficient (Wildman–Crippen LogP) is 4.66. The summed E-state index contributed by atoms with van der Waals surface area (Å²) in [6.07, 6.45) is 4.55. The molecule has 0 bridgehead atoms. The van der Waals surface area contributed by atoms with Crippen molar-refractivity contribution in [1.82, 2.24) is 4.98 Å². The first-order chi connectivity index (χ1) is 15.5. The van der Waals surface area contributed by atoms with Crippen molar-refractivity contribution in [3.63, 3.8) is 0 Å². The Hall–Kier alpha value is -4.40. The van der Waals surface area contributed by atoms with E-state index in [2.05, 4.69) is 10.3 Å². The molecule has 0 atom stereocenters. The highest BCUT2D eigenvalue weighted by Gasteiger charge is 2.17. The summed E-state index contributed by atoms with van der Waals surface area (Å²) < 4.78 is 15.5. The maximum atomic E-state index is 12.6. The van der Waals surface area contributed by atoms with E-state index in [-0.39, 0.29) is 17.0 Å². The fourth-order valence-electron chi connectivity index (χ4n) is 2.95. The smallest absolute Gasteiger partial charge is 0.311 e. The normalized spacial score (nSPS) is 10.6. The zero-order valence-corrected chi connectivity index (χ0v) is 17.7. The van der Waals surface area contributed by atoms with Gasteiger partial charge in [-0.05, 0) is 48.6 Å². The molecule has 0 aliphatic carbocycles. The molecule has 0 aliphatic heterocycles. The molecule has 0 spiro atoms. The van der Waals surface area contributed by atoms with Crippen LogP contribution >= 0.6 is 0 Å². The van der Waals surface area contributed by atoms with E-state index in [1.54, 1.807) is 50.8 Å². The molecule has 0 saturated heterocycles. The van der Waals surface area contributed by atoms with Crippen molar-refractivity contribution in [2.45, 2.75) is 0 Å². The summed E-state index contributed by atoms with van der Waals surface area (Å²) in [5.41, 5.74) is 1.27. The minimum absolute atomic E-state index is 0.0872. The van der Waals surface area contributed by atoms with E-state index < -0.39 is 10.7 Å². The first-order valence-corrected chi connectivity index (χ1v) is 9.45. The number of nitro groups is 1. The molecule has 0 fully saturated rings. The summed E-state index contributed by atoms with van der Waals surface area (Å²) in [6, 6.07) is 12.9. The van der Waals surface area contributed by atoms with Crippen LogP contribution in [-0.2, 0) is 0 Å². The lowest BCUT2D eigenvalue weighted by Crippen LogP contribution is -2.00. The van der Waals surface area contributed by atoms with E-state index in [0.29, 0.717) is 28.6 Å². The van der Waals surface area contributed by atoms with Gasteiger partial charge in [0.25, 0.3) is 0 Å². The number of hydrogen-bond acceptors (Lipinski definition) is 8. The first-order valence-electron chi connectivity index (χ1n) is 9.45. The van der Waals surface area contributed by atoms with Crippen LogP contribution in [0.5, 0.6) is 17.2 Å². The number of nitrogens with zero attached hydrogens (tertiary/aromatic N) is 2. The van der Waals surface area contributed by atoms with E-state index in [0.717, 1.165) is 0 Å². The predicted molar refractivity (Wildman–Crippen MR) is 120 cm³/mol. The van der Waals surface area contributed by atoms with Crippen molar-refractivity contribution in [1.29, 1.82) is 0 Å². The topological polar surface area (TPSA) is 113 Å².